The van der Waals surface area contributed by atoms with Crippen molar-refractivity contribution in [3.63, 3.8) is 0 Å². The van der Waals surface area contributed by atoms with Crippen molar-refractivity contribution >= 4 is 5.91 Å². The van der Waals surface area contributed by atoms with E-state index in [4.69, 9.17) is 0 Å². The van der Waals surface area contributed by atoms with Gasteiger partial charge in [0.2, 0.25) is 0 Å². The lowest BCUT2D eigenvalue weighted by Gasteiger charge is -2.51. The summed E-state index contributed by atoms with van der Waals surface area (Å²) in [4.78, 5) is 26.6. The van der Waals surface area contributed by atoms with Crippen molar-refractivity contribution in [2.45, 2.75) is 63.2 Å². The average molecular weight is 377 g/mol. The molecular weight excluding hydrogens is 348 g/mol. The Balaban J connectivity index is 1.54. The monoisotopic (exact) mass is 376 g/mol. The van der Waals surface area contributed by atoms with Gasteiger partial charge in [-0.25, -0.2) is 9.97 Å². The molecule has 1 aliphatic carbocycles. The molecule has 2 aliphatic heterocycles. The molecule has 0 spiro atoms. The number of amides is 1. The Kier molecular flexibility index (Phi) is 4.23. The lowest BCUT2D eigenvalue weighted by Crippen LogP contribution is -2.59. The van der Waals surface area contributed by atoms with Crippen molar-refractivity contribution < 1.29 is 4.79 Å². The number of fused-ring (bicyclic) bond motifs is 1. The number of aromatic nitrogens is 2. The fourth-order valence-corrected chi connectivity index (χ4v) is 6.37. The molecule has 0 radical (unpaired) electrons. The predicted molar refractivity (Wildman–Crippen MR) is 108 cm³/mol. The van der Waals surface area contributed by atoms with Crippen LogP contribution in [0.3, 0.4) is 0 Å². The number of likely N-dealkylation sites (tertiary alicyclic amines) is 2. The number of nitrogens with zero attached hydrogens (tertiary/aromatic N) is 4. The predicted octanol–water partition coefficient (Wildman–Crippen LogP) is 3.18. The van der Waals surface area contributed by atoms with Gasteiger partial charge in [0.15, 0.2) is 0 Å². The Morgan fingerprint density at radius 3 is 2.61 bits per heavy atom. The summed E-state index contributed by atoms with van der Waals surface area (Å²) in [5, 5.41) is 0. The van der Waals surface area contributed by atoms with Gasteiger partial charge in [-0.15, -0.1) is 0 Å². The highest BCUT2D eigenvalue weighted by atomic mass is 16.2. The summed E-state index contributed by atoms with van der Waals surface area (Å²) < 4.78 is 0. The van der Waals surface area contributed by atoms with Gasteiger partial charge in [-0.05, 0) is 44.7 Å². The number of hydrogen-bond acceptors (Lipinski definition) is 4. The van der Waals surface area contributed by atoms with E-state index in [-0.39, 0.29) is 17.4 Å². The first-order valence-electron chi connectivity index (χ1n) is 10.4. The van der Waals surface area contributed by atoms with E-state index in [0.717, 1.165) is 19.3 Å². The van der Waals surface area contributed by atoms with Gasteiger partial charge in [0.25, 0.3) is 5.91 Å². The summed E-state index contributed by atoms with van der Waals surface area (Å²) in [6, 6.07) is 12.1. The molecule has 28 heavy (non-hydrogen) atoms. The third-order valence-corrected chi connectivity index (χ3v) is 7.61. The van der Waals surface area contributed by atoms with E-state index in [9.17, 15) is 4.79 Å². The smallest absolute Gasteiger partial charge is 0.257 e. The van der Waals surface area contributed by atoms with Gasteiger partial charge in [0.1, 0.15) is 6.33 Å². The van der Waals surface area contributed by atoms with Crippen molar-refractivity contribution in [3.8, 4) is 0 Å². The molecule has 1 amide bonds. The summed E-state index contributed by atoms with van der Waals surface area (Å²) in [6.07, 6.45) is 10.4. The minimum atomic E-state index is 0.105. The van der Waals surface area contributed by atoms with Crippen LogP contribution in [0.5, 0.6) is 0 Å². The second kappa shape index (κ2) is 6.66. The van der Waals surface area contributed by atoms with E-state index in [1.165, 1.54) is 24.7 Å². The summed E-state index contributed by atoms with van der Waals surface area (Å²) in [6.45, 7) is 2.42. The molecule has 2 aromatic rings. The van der Waals surface area contributed by atoms with Gasteiger partial charge in [-0.1, -0.05) is 37.3 Å². The fourth-order valence-electron chi connectivity index (χ4n) is 6.37. The minimum Gasteiger partial charge on any atom is -0.330 e. The first-order valence-corrected chi connectivity index (χ1v) is 10.4. The molecule has 0 N–H and O–H groups in total. The molecule has 0 unspecified atom stereocenters. The van der Waals surface area contributed by atoms with Gasteiger partial charge in [-0.3, -0.25) is 9.69 Å². The van der Waals surface area contributed by atoms with Crippen LogP contribution in [0.4, 0.5) is 0 Å². The molecule has 5 atom stereocenters. The Bertz CT molecular complexity index is 857. The fraction of sp³-hybridized carbons (Fsp3) is 0.522. The molecule has 3 fully saturated rings. The Labute approximate surface area is 166 Å². The van der Waals surface area contributed by atoms with Gasteiger partial charge in [-0.2, -0.15) is 0 Å². The minimum absolute atomic E-state index is 0.105. The van der Waals surface area contributed by atoms with Gasteiger partial charge < -0.3 is 4.90 Å². The Morgan fingerprint density at radius 2 is 1.86 bits per heavy atom. The number of hydrogen-bond donors (Lipinski definition) is 0. The van der Waals surface area contributed by atoms with Crippen molar-refractivity contribution in [1.82, 2.24) is 19.8 Å². The first-order chi connectivity index (χ1) is 13.6. The second-order valence-electron chi connectivity index (χ2n) is 9.00. The van der Waals surface area contributed by atoms with Crippen molar-refractivity contribution in [1.29, 1.82) is 0 Å². The maximum atomic E-state index is 13.6. The zero-order valence-electron chi connectivity index (χ0n) is 16.7. The molecule has 146 valence electrons. The van der Waals surface area contributed by atoms with Gasteiger partial charge in [0.05, 0.1) is 5.56 Å². The van der Waals surface area contributed by atoms with Crippen LogP contribution < -0.4 is 0 Å². The molecule has 5 heteroatoms. The highest BCUT2D eigenvalue weighted by molar-refractivity contribution is 5.94. The number of carbonyl (C=O) groups excluding carboxylic acids is 1. The quantitative estimate of drug-likeness (QED) is 0.826. The zero-order valence-corrected chi connectivity index (χ0v) is 16.7. The van der Waals surface area contributed by atoms with Crippen LogP contribution in [0.15, 0.2) is 49.1 Å². The van der Waals surface area contributed by atoms with E-state index in [0.29, 0.717) is 23.7 Å². The van der Waals surface area contributed by atoms with E-state index in [1.54, 1.807) is 12.4 Å². The number of carbonyl (C=O) groups is 1. The summed E-state index contributed by atoms with van der Waals surface area (Å²) in [7, 11) is 2.28. The lowest BCUT2D eigenvalue weighted by atomic mass is 9.64. The number of piperidine rings is 1. The second-order valence-corrected chi connectivity index (χ2v) is 9.00. The first kappa shape index (κ1) is 17.8. The summed E-state index contributed by atoms with van der Waals surface area (Å²) >= 11 is 0. The number of likely N-dealkylation sites (N-methyl/N-ethyl adjacent to an activating group) is 1. The molecule has 3 aliphatic rings. The Hall–Kier alpha value is -2.27. The molecule has 1 saturated carbocycles. The maximum absolute atomic E-state index is 13.6. The molecule has 3 heterocycles. The SMILES string of the molecule is CN1[C@H](Cc2ccccc2)[C@@H]2C[C@@]3(C)[C@H](CCC[C@@H]13)N2C(=O)c1cncnc1. The third kappa shape index (κ3) is 2.60. The van der Waals surface area contributed by atoms with Crippen molar-refractivity contribution in [3.05, 3.63) is 60.2 Å². The van der Waals surface area contributed by atoms with Crippen LogP contribution in [0.1, 0.15) is 48.5 Å². The van der Waals surface area contributed by atoms with E-state index in [1.807, 2.05) is 0 Å². The molecule has 5 rings (SSSR count). The standard InChI is InChI=1S/C23H28N4O/c1-23-12-19-18(11-16-7-4-3-5-8-16)26(2)20(23)9-6-10-21(23)27(19)22(28)17-13-24-15-25-14-17/h3-5,7-8,13-15,18-21H,6,9-12H2,1-2H3/t18-,19+,20-,21+,23-/m1/s1. The van der Waals surface area contributed by atoms with E-state index >= 15 is 0 Å². The zero-order chi connectivity index (χ0) is 19.3. The average Bonchev–Trinajstić information content (AvgIpc) is 3.04. The van der Waals surface area contributed by atoms with Crippen LogP contribution in [0.2, 0.25) is 0 Å². The molecule has 1 aromatic carbocycles. The van der Waals surface area contributed by atoms with Crippen LogP contribution in [-0.2, 0) is 6.42 Å². The summed E-state index contributed by atoms with van der Waals surface area (Å²) in [5.74, 6) is 0.105. The van der Waals surface area contributed by atoms with E-state index in [2.05, 4.69) is 64.1 Å². The normalized spacial score (nSPS) is 34.4. The van der Waals surface area contributed by atoms with Gasteiger partial charge >= 0.3 is 0 Å². The molecule has 2 saturated heterocycles. The van der Waals surface area contributed by atoms with E-state index < -0.39 is 0 Å². The number of benzene rings is 1. The van der Waals surface area contributed by atoms with Gasteiger partial charge in [0, 0.05) is 42.0 Å². The summed E-state index contributed by atoms with van der Waals surface area (Å²) in [5.41, 5.74) is 2.14. The highest BCUT2D eigenvalue weighted by Crippen LogP contribution is 2.56. The lowest BCUT2D eigenvalue weighted by molar-refractivity contribution is -0.00397. The maximum Gasteiger partial charge on any atom is 0.257 e. The molecule has 5 nitrogen and oxygen atoms in total. The molecular formula is C23H28N4O. The molecule has 1 aromatic heterocycles. The number of rotatable bonds is 3. The van der Waals surface area contributed by atoms with Crippen LogP contribution in [0.25, 0.3) is 0 Å². The van der Waals surface area contributed by atoms with Crippen LogP contribution in [0, 0.1) is 5.41 Å². The highest BCUT2D eigenvalue weighted by Gasteiger charge is 2.62. The third-order valence-electron chi connectivity index (χ3n) is 7.61. The van der Waals surface area contributed by atoms with Crippen LogP contribution in [-0.4, -0.2) is 56.9 Å². The largest absolute Gasteiger partial charge is 0.330 e. The Morgan fingerprint density at radius 1 is 1.14 bits per heavy atom. The van der Waals surface area contributed by atoms with Crippen LogP contribution >= 0.6 is 0 Å². The van der Waals surface area contributed by atoms with Crippen molar-refractivity contribution in [2.75, 3.05) is 7.05 Å². The van der Waals surface area contributed by atoms with Crippen molar-refractivity contribution in [2.24, 2.45) is 5.41 Å². The topological polar surface area (TPSA) is 49.3 Å². The molecule has 2 bridgehead atoms.